The maximum atomic E-state index is 12.8. The van der Waals surface area contributed by atoms with E-state index in [4.69, 9.17) is 10.00 Å². The van der Waals surface area contributed by atoms with Crippen LogP contribution in [0.25, 0.3) is 0 Å². The monoisotopic (exact) mass is 334 g/mol. The van der Waals surface area contributed by atoms with Crippen LogP contribution in [-0.2, 0) is 16.0 Å². The number of amides is 1. The summed E-state index contributed by atoms with van der Waals surface area (Å²) in [5.74, 6) is 0.0964. The van der Waals surface area contributed by atoms with Crippen LogP contribution in [0.4, 0.5) is 0 Å². The molecule has 4 nitrogen and oxygen atoms in total. The third-order valence-corrected chi connectivity index (χ3v) is 4.73. The molecular formula is C21H22N2O2. The maximum absolute atomic E-state index is 12.8. The molecule has 0 N–H and O–H groups in total. The third kappa shape index (κ3) is 3.89. The number of ether oxygens (including phenoxy) is 1. The summed E-state index contributed by atoms with van der Waals surface area (Å²) in [5.41, 5.74) is 3.86. The fraction of sp³-hybridized carbons (Fsp3) is 0.333. The van der Waals surface area contributed by atoms with Gasteiger partial charge < -0.3 is 9.64 Å². The highest BCUT2D eigenvalue weighted by atomic mass is 16.5. The fourth-order valence-electron chi connectivity index (χ4n) is 3.21. The Morgan fingerprint density at radius 2 is 1.96 bits per heavy atom. The lowest BCUT2D eigenvalue weighted by Crippen LogP contribution is -2.48. The Labute approximate surface area is 148 Å². The molecule has 2 atom stereocenters. The summed E-state index contributed by atoms with van der Waals surface area (Å²) >= 11 is 0. The Morgan fingerprint density at radius 1 is 1.24 bits per heavy atom. The second kappa shape index (κ2) is 7.50. The van der Waals surface area contributed by atoms with Gasteiger partial charge in [-0.05, 0) is 42.7 Å². The molecule has 25 heavy (non-hydrogen) atoms. The smallest absolute Gasteiger partial charge is 0.227 e. The van der Waals surface area contributed by atoms with Crippen molar-refractivity contribution >= 4 is 5.91 Å². The molecule has 1 aliphatic heterocycles. The maximum Gasteiger partial charge on any atom is 0.227 e. The largest absolute Gasteiger partial charge is 0.370 e. The normalized spacial score (nSPS) is 20.1. The molecule has 1 fully saturated rings. The summed E-state index contributed by atoms with van der Waals surface area (Å²) in [6.45, 7) is 5.20. The van der Waals surface area contributed by atoms with Crippen LogP contribution in [0.2, 0.25) is 0 Å². The van der Waals surface area contributed by atoms with Crippen molar-refractivity contribution in [3.63, 3.8) is 0 Å². The standard InChI is InChI=1S/C21H22N2O2/c1-15-5-3-4-6-19(15)20-13-23(16(2)14-25-20)21(24)11-17-7-9-18(12-22)10-8-17/h3-10,16,20H,11,13-14H2,1-2H3. The summed E-state index contributed by atoms with van der Waals surface area (Å²) in [7, 11) is 0. The minimum Gasteiger partial charge on any atom is -0.370 e. The minimum atomic E-state index is -0.0812. The zero-order valence-electron chi connectivity index (χ0n) is 14.6. The van der Waals surface area contributed by atoms with E-state index in [1.165, 1.54) is 5.56 Å². The van der Waals surface area contributed by atoms with Crippen LogP contribution in [-0.4, -0.2) is 30.0 Å². The van der Waals surface area contributed by atoms with E-state index in [-0.39, 0.29) is 18.1 Å². The highest BCUT2D eigenvalue weighted by Gasteiger charge is 2.30. The molecule has 0 spiro atoms. The fourth-order valence-corrected chi connectivity index (χ4v) is 3.21. The van der Waals surface area contributed by atoms with Crippen LogP contribution in [0.3, 0.4) is 0 Å². The molecule has 2 aromatic carbocycles. The van der Waals surface area contributed by atoms with Crippen LogP contribution in [0.5, 0.6) is 0 Å². The van der Waals surface area contributed by atoms with Crippen LogP contribution in [0.1, 0.15) is 35.3 Å². The highest BCUT2D eigenvalue weighted by Crippen LogP contribution is 2.27. The molecule has 2 aromatic rings. The van der Waals surface area contributed by atoms with E-state index in [1.54, 1.807) is 12.1 Å². The topological polar surface area (TPSA) is 53.3 Å². The van der Waals surface area contributed by atoms with Gasteiger partial charge in [0.05, 0.1) is 37.2 Å². The first kappa shape index (κ1) is 17.2. The van der Waals surface area contributed by atoms with E-state index >= 15 is 0 Å². The number of nitrogens with zero attached hydrogens (tertiary/aromatic N) is 2. The summed E-state index contributed by atoms with van der Waals surface area (Å²) in [6.07, 6.45) is 0.263. The van der Waals surface area contributed by atoms with Gasteiger partial charge in [0.2, 0.25) is 5.91 Å². The van der Waals surface area contributed by atoms with Crippen LogP contribution in [0, 0.1) is 18.3 Å². The predicted molar refractivity (Wildman–Crippen MR) is 95.9 cm³/mol. The molecule has 2 unspecified atom stereocenters. The summed E-state index contributed by atoms with van der Waals surface area (Å²) in [6, 6.07) is 17.5. The van der Waals surface area contributed by atoms with Crippen molar-refractivity contribution in [2.24, 2.45) is 0 Å². The molecule has 1 aliphatic rings. The van der Waals surface area contributed by atoms with E-state index in [9.17, 15) is 4.79 Å². The average molecular weight is 334 g/mol. The van der Waals surface area contributed by atoms with E-state index < -0.39 is 0 Å². The van der Waals surface area contributed by atoms with Crippen molar-refractivity contribution in [1.29, 1.82) is 5.26 Å². The van der Waals surface area contributed by atoms with E-state index in [0.717, 1.165) is 11.1 Å². The van der Waals surface area contributed by atoms with E-state index in [0.29, 0.717) is 25.1 Å². The van der Waals surface area contributed by atoms with Crippen molar-refractivity contribution in [2.45, 2.75) is 32.4 Å². The Morgan fingerprint density at radius 3 is 2.64 bits per heavy atom. The molecular weight excluding hydrogens is 312 g/mol. The molecule has 3 rings (SSSR count). The van der Waals surface area contributed by atoms with Gasteiger partial charge in [0, 0.05) is 0 Å². The number of nitriles is 1. The summed E-state index contributed by atoms with van der Waals surface area (Å²) in [5, 5.41) is 8.87. The van der Waals surface area contributed by atoms with Crippen molar-refractivity contribution in [3.8, 4) is 6.07 Å². The van der Waals surface area contributed by atoms with Crippen LogP contribution >= 0.6 is 0 Å². The zero-order valence-corrected chi connectivity index (χ0v) is 14.6. The molecule has 0 radical (unpaired) electrons. The van der Waals surface area contributed by atoms with Gasteiger partial charge in [-0.25, -0.2) is 0 Å². The minimum absolute atomic E-state index is 0.0613. The number of hydrogen-bond acceptors (Lipinski definition) is 3. The number of morpholine rings is 1. The first-order valence-corrected chi connectivity index (χ1v) is 8.54. The second-order valence-corrected chi connectivity index (χ2v) is 6.56. The van der Waals surface area contributed by atoms with Gasteiger partial charge >= 0.3 is 0 Å². The van der Waals surface area contributed by atoms with Crippen LogP contribution < -0.4 is 0 Å². The Balaban J connectivity index is 1.72. The second-order valence-electron chi connectivity index (χ2n) is 6.56. The van der Waals surface area contributed by atoms with Gasteiger partial charge in [0.25, 0.3) is 0 Å². The Hall–Kier alpha value is -2.64. The Kier molecular flexibility index (Phi) is 5.16. The molecule has 128 valence electrons. The molecule has 0 aromatic heterocycles. The number of hydrogen-bond donors (Lipinski definition) is 0. The zero-order chi connectivity index (χ0) is 17.8. The lowest BCUT2D eigenvalue weighted by Gasteiger charge is -2.38. The lowest BCUT2D eigenvalue weighted by molar-refractivity contribution is -0.143. The predicted octanol–water partition coefficient (Wildman–Crippen LogP) is 3.40. The molecule has 1 amide bonds. The first-order chi connectivity index (χ1) is 12.1. The average Bonchev–Trinajstić information content (AvgIpc) is 2.63. The number of rotatable bonds is 3. The van der Waals surface area contributed by atoms with Gasteiger partial charge in [-0.2, -0.15) is 5.26 Å². The molecule has 1 heterocycles. The van der Waals surface area contributed by atoms with Crippen molar-refractivity contribution in [3.05, 3.63) is 70.8 Å². The SMILES string of the molecule is Cc1ccccc1C1CN(C(=O)Cc2ccc(C#N)cc2)C(C)CO1. The third-order valence-electron chi connectivity index (χ3n) is 4.73. The van der Waals surface area contributed by atoms with Gasteiger partial charge in [-0.15, -0.1) is 0 Å². The summed E-state index contributed by atoms with van der Waals surface area (Å²) in [4.78, 5) is 14.7. The van der Waals surface area contributed by atoms with E-state index in [2.05, 4.69) is 25.1 Å². The molecule has 1 saturated heterocycles. The number of benzene rings is 2. The lowest BCUT2D eigenvalue weighted by atomic mass is 10.0. The van der Waals surface area contributed by atoms with Crippen LogP contribution in [0.15, 0.2) is 48.5 Å². The van der Waals surface area contributed by atoms with E-state index in [1.807, 2.05) is 36.1 Å². The molecule has 4 heteroatoms. The van der Waals surface area contributed by atoms with Gasteiger partial charge in [0.15, 0.2) is 0 Å². The first-order valence-electron chi connectivity index (χ1n) is 8.54. The number of carbonyl (C=O) groups is 1. The van der Waals surface area contributed by atoms with Gasteiger partial charge in [0.1, 0.15) is 6.10 Å². The van der Waals surface area contributed by atoms with Gasteiger partial charge in [-0.3, -0.25) is 4.79 Å². The van der Waals surface area contributed by atoms with Crippen molar-refractivity contribution in [1.82, 2.24) is 4.90 Å². The Bertz CT molecular complexity index is 792. The van der Waals surface area contributed by atoms with Crippen molar-refractivity contribution in [2.75, 3.05) is 13.2 Å². The molecule has 0 bridgehead atoms. The summed E-state index contributed by atoms with van der Waals surface area (Å²) < 4.78 is 5.99. The number of carbonyl (C=O) groups excluding carboxylic acids is 1. The quantitative estimate of drug-likeness (QED) is 0.864. The molecule has 0 saturated carbocycles. The molecule has 0 aliphatic carbocycles. The highest BCUT2D eigenvalue weighted by molar-refractivity contribution is 5.79. The van der Waals surface area contributed by atoms with Crippen molar-refractivity contribution < 1.29 is 9.53 Å². The number of aryl methyl sites for hydroxylation is 1. The van der Waals surface area contributed by atoms with Gasteiger partial charge in [-0.1, -0.05) is 36.4 Å².